The zero-order chi connectivity index (χ0) is 19.0. The quantitative estimate of drug-likeness (QED) is 0.707. The van der Waals surface area contributed by atoms with Gasteiger partial charge in [0, 0.05) is 47.5 Å². The predicted molar refractivity (Wildman–Crippen MR) is 104 cm³/mol. The summed E-state index contributed by atoms with van der Waals surface area (Å²) >= 11 is 0. The summed E-state index contributed by atoms with van der Waals surface area (Å²) in [6.45, 7) is 4.60. The van der Waals surface area contributed by atoms with Crippen molar-refractivity contribution < 1.29 is 9.59 Å². The first-order chi connectivity index (χ1) is 13.0. The summed E-state index contributed by atoms with van der Waals surface area (Å²) in [7, 11) is 0. The number of benzene rings is 1. The van der Waals surface area contributed by atoms with E-state index in [0.29, 0.717) is 30.8 Å². The fraction of sp³-hybridized carbons (Fsp3) is 0.238. The lowest BCUT2D eigenvalue weighted by molar-refractivity contribution is 0.101. The molecule has 136 valence electrons. The number of Topliss-reactive ketones (excluding diaryl/α,β-unsaturated/α-hetero) is 1. The van der Waals surface area contributed by atoms with Crippen LogP contribution in [0.15, 0.2) is 42.5 Å². The number of rotatable bonds is 2. The number of amides is 2. The number of anilines is 1. The van der Waals surface area contributed by atoms with Gasteiger partial charge in [0.2, 0.25) is 0 Å². The van der Waals surface area contributed by atoms with Crippen molar-refractivity contribution in [3.05, 3.63) is 65.0 Å². The van der Waals surface area contributed by atoms with E-state index in [1.165, 1.54) is 6.92 Å². The Morgan fingerprint density at radius 2 is 1.85 bits per heavy atom. The molecule has 0 saturated carbocycles. The number of nitrogens with one attached hydrogen (secondary N) is 1. The van der Waals surface area contributed by atoms with E-state index in [9.17, 15) is 9.59 Å². The number of aryl methyl sites for hydroxylation is 1. The average Bonchev–Trinajstić information content (AvgIpc) is 2.66. The van der Waals surface area contributed by atoms with Gasteiger partial charge in [0.25, 0.3) is 0 Å². The standard InChI is InChI=1S/C21H20N4O2/c1-13-3-4-16-11-17-12-25(10-9-19(17)24-20(16)22-13)21(27)23-18-7-5-15(6-8-18)14(2)26/h3-8,11H,9-10,12H2,1-2H3,(H,23,27). The fourth-order valence-electron chi connectivity index (χ4n) is 3.27. The Morgan fingerprint density at radius 3 is 2.59 bits per heavy atom. The van der Waals surface area contributed by atoms with Crippen LogP contribution in [0.2, 0.25) is 0 Å². The Kier molecular flexibility index (Phi) is 4.32. The van der Waals surface area contributed by atoms with Crippen LogP contribution in [-0.4, -0.2) is 33.2 Å². The SMILES string of the molecule is CC(=O)c1ccc(NC(=O)N2CCc3nc4nc(C)ccc4cc3C2)cc1. The number of nitrogens with zero attached hydrogens (tertiary/aromatic N) is 3. The summed E-state index contributed by atoms with van der Waals surface area (Å²) in [4.78, 5) is 34.9. The molecule has 0 unspecified atom stereocenters. The van der Waals surface area contributed by atoms with Gasteiger partial charge >= 0.3 is 6.03 Å². The molecule has 3 aromatic rings. The third-order valence-electron chi connectivity index (χ3n) is 4.80. The number of urea groups is 1. The second-order valence-electron chi connectivity index (χ2n) is 6.83. The first-order valence-electron chi connectivity index (χ1n) is 8.93. The third kappa shape index (κ3) is 3.51. The Balaban J connectivity index is 1.50. The van der Waals surface area contributed by atoms with E-state index in [-0.39, 0.29) is 11.8 Å². The highest BCUT2D eigenvalue weighted by Crippen LogP contribution is 2.22. The van der Waals surface area contributed by atoms with Crippen LogP contribution in [0.1, 0.15) is 34.2 Å². The lowest BCUT2D eigenvalue weighted by Crippen LogP contribution is -2.39. The highest BCUT2D eigenvalue weighted by molar-refractivity contribution is 5.95. The van der Waals surface area contributed by atoms with Crippen LogP contribution in [0.3, 0.4) is 0 Å². The van der Waals surface area contributed by atoms with Gasteiger partial charge in [-0.15, -0.1) is 0 Å². The normalized spacial score (nSPS) is 13.3. The molecule has 0 fully saturated rings. The molecule has 0 bridgehead atoms. The van der Waals surface area contributed by atoms with Crippen LogP contribution < -0.4 is 5.32 Å². The van der Waals surface area contributed by atoms with Gasteiger partial charge in [0.05, 0.1) is 0 Å². The first-order valence-corrected chi connectivity index (χ1v) is 8.93. The molecule has 3 heterocycles. The molecular formula is C21H20N4O2. The van der Waals surface area contributed by atoms with Crippen molar-refractivity contribution in [2.75, 3.05) is 11.9 Å². The second-order valence-corrected chi connectivity index (χ2v) is 6.83. The zero-order valence-electron chi connectivity index (χ0n) is 15.3. The Labute approximate surface area is 157 Å². The van der Waals surface area contributed by atoms with E-state index >= 15 is 0 Å². The molecule has 1 aromatic carbocycles. The summed E-state index contributed by atoms with van der Waals surface area (Å²) in [5, 5.41) is 3.88. The largest absolute Gasteiger partial charge is 0.322 e. The van der Waals surface area contributed by atoms with Crippen LogP contribution in [0.5, 0.6) is 0 Å². The van der Waals surface area contributed by atoms with Gasteiger partial charge in [-0.25, -0.2) is 14.8 Å². The van der Waals surface area contributed by atoms with Crippen molar-refractivity contribution in [1.29, 1.82) is 0 Å². The van der Waals surface area contributed by atoms with Gasteiger partial charge < -0.3 is 10.2 Å². The molecule has 1 aliphatic rings. The molecule has 0 spiro atoms. The Morgan fingerprint density at radius 1 is 1.07 bits per heavy atom. The van der Waals surface area contributed by atoms with Gasteiger partial charge in [-0.05, 0) is 61.9 Å². The molecule has 0 radical (unpaired) electrons. The maximum absolute atomic E-state index is 12.6. The molecule has 0 atom stereocenters. The maximum atomic E-state index is 12.6. The smallest absolute Gasteiger partial charge is 0.320 e. The van der Waals surface area contributed by atoms with Gasteiger partial charge in [0.15, 0.2) is 11.4 Å². The number of ketones is 1. The molecule has 2 amide bonds. The van der Waals surface area contributed by atoms with Crippen molar-refractivity contribution in [3.63, 3.8) is 0 Å². The summed E-state index contributed by atoms with van der Waals surface area (Å²) in [6.07, 6.45) is 0.706. The van der Waals surface area contributed by atoms with Crippen molar-refractivity contribution >= 4 is 28.5 Å². The maximum Gasteiger partial charge on any atom is 0.322 e. The predicted octanol–water partition coefficient (Wildman–Crippen LogP) is 3.73. The van der Waals surface area contributed by atoms with Gasteiger partial charge in [-0.1, -0.05) is 0 Å². The third-order valence-corrected chi connectivity index (χ3v) is 4.80. The summed E-state index contributed by atoms with van der Waals surface area (Å²) in [6, 6.07) is 12.8. The van der Waals surface area contributed by atoms with E-state index in [4.69, 9.17) is 0 Å². The number of hydrogen-bond donors (Lipinski definition) is 1. The number of aromatic nitrogens is 2. The molecular weight excluding hydrogens is 340 g/mol. The minimum Gasteiger partial charge on any atom is -0.320 e. The molecule has 0 aliphatic carbocycles. The lowest BCUT2D eigenvalue weighted by Gasteiger charge is -2.28. The molecule has 0 saturated heterocycles. The van der Waals surface area contributed by atoms with Gasteiger partial charge in [-0.2, -0.15) is 0 Å². The Bertz CT molecular complexity index is 1040. The summed E-state index contributed by atoms with van der Waals surface area (Å²) in [5.74, 6) is 0.00456. The van der Waals surface area contributed by atoms with E-state index in [2.05, 4.69) is 21.4 Å². The van der Waals surface area contributed by atoms with E-state index in [1.54, 1.807) is 29.2 Å². The summed E-state index contributed by atoms with van der Waals surface area (Å²) < 4.78 is 0. The van der Waals surface area contributed by atoms with Crippen molar-refractivity contribution in [2.24, 2.45) is 0 Å². The molecule has 1 aliphatic heterocycles. The van der Waals surface area contributed by atoms with Crippen LogP contribution in [0.25, 0.3) is 11.0 Å². The number of carbonyl (C=O) groups excluding carboxylic acids is 2. The summed E-state index contributed by atoms with van der Waals surface area (Å²) in [5.41, 5.74) is 5.07. The second kappa shape index (κ2) is 6.79. The van der Waals surface area contributed by atoms with Crippen LogP contribution in [-0.2, 0) is 13.0 Å². The molecule has 1 N–H and O–H groups in total. The van der Waals surface area contributed by atoms with Crippen LogP contribution in [0.4, 0.5) is 10.5 Å². The van der Waals surface area contributed by atoms with E-state index in [0.717, 1.165) is 28.0 Å². The minimum absolute atomic E-state index is 0.00456. The van der Waals surface area contributed by atoms with E-state index in [1.807, 2.05) is 19.1 Å². The molecule has 6 heteroatoms. The number of fused-ring (bicyclic) bond motifs is 2. The molecule has 27 heavy (non-hydrogen) atoms. The van der Waals surface area contributed by atoms with Crippen LogP contribution in [0, 0.1) is 6.92 Å². The Hall–Kier alpha value is -3.28. The van der Waals surface area contributed by atoms with Crippen molar-refractivity contribution in [3.8, 4) is 0 Å². The lowest BCUT2D eigenvalue weighted by atomic mass is 10.0. The van der Waals surface area contributed by atoms with Gasteiger partial charge in [-0.3, -0.25) is 4.79 Å². The number of pyridine rings is 2. The fourth-order valence-corrected chi connectivity index (χ4v) is 3.27. The topological polar surface area (TPSA) is 75.2 Å². The van der Waals surface area contributed by atoms with Crippen molar-refractivity contribution in [2.45, 2.75) is 26.8 Å². The van der Waals surface area contributed by atoms with Gasteiger partial charge in [0.1, 0.15) is 0 Å². The molecule has 2 aromatic heterocycles. The molecule has 4 rings (SSSR count). The van der Waals surface area contributed by atoms with Crippen LogP contribution >= 0.6 is 0 Å². The number of hydrogen-bond acceptors (Lipinski definition) is 4. The van der Waals surface area contributed by atoms with Crippen molar-refractivity contribution in [1.82, 2.24) is 14.9 Å². The zero-order valence-corrected chi connectivity index (χ0v) is 15.3. The van der Waals surface area contributed by atoms with E-state index < -0.39 is 0 Å². The highest BCUT2D eigenvalue weighted by atomic mass is 16.2. The molecule has 6 nitrogen and oxygen atoms in total. The monoisotopic (exact) mass is 360 g/mol. The number of carbonyl (C=O) groups is 2. The highest BCUT2D eigenvalue weighted by Gasteiger charge is 2.22. The first kappa shape index (κ1) is 17.1. The average molecular weight is 360 g/mol. The minimum atomic E-state index is -0.154.